The van der Waals surface area contributed by atoms with E-state index in [4.69, 9.17) is 16.9 Å². The summed E-state index contributed by atoms with van der Waals surface area (Å²) in [4.78, 5) is 11.1. The lowest BCUT2D eigenvalue weighted by Gasteiger charge is -2.01. The third-order valence-electron chi connectivity index (χ3n) is 2.67. The highest BCUT2D eigenvalue weighted by Crippen LogP contribution is 2.21. The number of aromatic nitrogens is 2. The first-order chi connectivity index (χ1) is 10.1. The van der Waals surface area contributed by atoms with Crippen LogP contribution in [0.3, 0.4) is 0 Å². The zero-order valence-corrected chi connectivity index (χ0v) is 12.0. The molecule has 0 atom stereocenters. The molecule has 1 aromatic carbocycles. The van der Waals surface area contributed by atoms with Crippen LogP contribution in [0.4, 0.5) is 0 Å². The summed E-state index contributed by atoms with van der Waals surface area (Å²) in [7, 11) is 0. The first-order valence-corrected chi connectivity index (χ1v) is 6.50. The zero-order valence-electron chi connectivity index (χ0n) is 11.2. The number of aryl methyl sites for hydroxylation is 1. The van der Waals surface area contributed by atoms with Gasteiger partial charge in [0.05, 0.1) is 29.2 Å². The van der Waals surface area contributed by atoms with E-state index in [0.29, 0.717) is 16.4 Å². The van der Waals surface area contributed by atoms with Gasteiger partial charge in [-0.3, -0.25) is 4.79 Å². The van der Waals surface area contributed by atoms with E-state index in [1.807, 2.05) is 30.3 Å². The van der Waals surface area contributed by atoms with Gasteiger partial charge in [-0.15, -0.1) is 0 Å². The second kappa shape index (κ2) is 6.68. The van der Waals surface area contributed by atoms with Gasteiger partial charge in [0.25, 0.3) is 5.91 Å². The molecule has 0 unspecified atom stereocenters. The van der Waals surface area contributed by atoms with Gasteiger partial charge in [-0.1, -0.05) is 29.8 Å². The molecule has 0 spiro atoms. The highest BCUT2D eigenvalue weighted by atomic mass is 35.5. The molecule has 1 N–H and O–H groups in total. The topological polar surface area (TPSA) is 83.1 Å². The lowest BCUT2D eigenvalue weighted by molar-refractivity contribution is -0.120. The molecule has 0 fully saturated rings. The van der Waals surface area contributed by atoms with Gasteiger partial charge in [0, 0.05) is 0 Å². The molecule has 0 aliphatic rings. The number of benzene rings is 1. The third-order valence-corrected chi connectivity index (χ3v) is 3.03. The maximum atomic E-state index is 11.1. The monoisotopic (exact) mass is 301 g/mol. The van der Waals surface area contributed by atoms with E-state index in [9.17, 15) is 4.79 Å². The van der Waals surface area contributed by atoms with Crippen molar-refractivity contribution < 1.29 is 4.79 Å². The van der Waals surface area contributed by atoms with Crippen LogP contribution in [-0.2, 0) is 4.79 Å². The van der Waals surface area contributed by atoms with Crippen molar-refractivity contribution in [3.05, 3.63) is 46.7 Å². The van der Waals surface area contributed by atoms with Crippen molar-refractivity contribution in [1.29, 1.82) is 5.26 Å². The van der Waals surface area contributed by atoms with Gasteiger partial charge in [-0.25, -0.2) is 10.1 Å². The first kappa shape index (κ1) is 14.8. The number of carbonyl (C=O) groups is 1. The smallest absolute Gasteiger partial charge is 0.254 e. The Morgan fingerprint density at radius 2 is 2.24 bits per heavy atom. The van der Waals surface area contributed by atoms with Gasteiger partial charge >= 0.3 is 0 Å². The molecule has 0 aliphatic heterocycles. The maximum absolute atomic E-state index is 11.1. The minimum atomic E-state index is -0.474. The Kier molecular flexibility index (Phi) is 4.69. The molecule has 0 bridgehead atoms. The normalized spacial score (nSPS) is 10.5. The molecule has 1 aromatic heterocycles. The van der Waals surface area contributed by atoms with Crippen LogP contribution in [0.25, 0.3) is 5.69 Å². The summed E-state index contributed by atoms with van der Waals surface area (Å²) in [5.41, 5.74) is 4.37. The number of amides is 1. The summed E-state index contributed by atoms with van der Waals surface area (Å²) in [5.74, 6) is -0.474. The van der Waals surface area contributed by atoms with Crippen LogP contribution in [-0.4, -0.2) is 21.9 Å². The van der Waals surface area contributed by atoms with E-state index >= 15 is 0 Å². The molecule has 6 nitrogen and oxygen atoms in total. The zero-order chi connectivity index (χ0) is 15.2. The van der Waals surface area contributed by atoms with Gasteiger partial charge in [0.15, 0.2) is 0 Å². The molecule has 0 aliphatic carbocycles. The maximum Gasteiger partial charge on any atom is 0.254 e. The Balaban J connectivity index is 2.23. The first-order valence-electron chi connectivity index (χ1n) is 6.13. The predicted octanol–water partition coefficient (Wildman–Crippen LogP) is 2.20. The number of para-hydroxylation sites is 1. The largest absolute Gasteiger partial charge is 0.272 e. The third kappa shape index (κ3) is 3.46. The number of hydrogen-bond donors (Lipinski definition) is 1. The van der Waals surface area contributed by atoms with Crippen LogP contribution in [0.1, 0.15) is 17.7 Å². The summed E-state index contributed by atoms with van der Waals surface area (Å²) < 4.78 is 1.59. The molecular weight excluding hydrogens is 290 g/mol. The number of carbonyl (C=O) groups excluding carboxylic acids is 1. The predicted molar refractivity (Wildman–Crippen MR) is 79.3 cm³/mol. The van der Waals surface area contributed by atoms with Crippen molar-refractivity contribution in [2.24, 2.45) is 5.10 Å². The Hall–Kier alpha value is -2.65. The fraction of sp³-hybridized carbons (Fsp3) is 0.143. The van der Waals surface area contributed by atoms with E-state index < -0.39 is 5.91 Å². The average molecular weight is 302 g/mol. The Bertz CT molecular complexity index is 715. The SMILES string of the molecule is Cc1nn(-c2ccccc2)c(Cl)c1C=NNC(=O)CC#N. The number of nitrogens with zero attached hydrogens (tertiary/aromatic N) is 4. The van der Waals surface area contributed by atoms with Crippen molar-refractivity contribution in [2.75, 3.05) is 0 Å². The molecule has 0 radical (unpaired) electrons. The van der Waals surface area contributed by atoms with Gasteiger partial charge in [0.2, 0.25) is 0 Å². The molecular formula is C14H12ClN5O. The molecule has 7 heteroatoms. The molecule has 0 saturated heterocycles. The molecule has 106 valence electrons. The minimum Gasteiger partial charge on any atom is -0.272 e. The van der Waals surface area contributed by atoms with Gasteiger partial charge in [-0.05, 0) is 19.1 Å². The number of nitriles is 1. The van der Waals surface area contributed by atoms with Gasteiger partial charge < -0.3 is 0 Å². The standard InChI is InChI=1S/C14H12ClN5O/c1-10-12(9-17-18-13(21)7-8-16)14(15)20(19-10)11-5-3-2-4-6-11/h2-6,9H,7H2,1H3,(H,18,21). The highest BCUT2D eigenvalue weighted by Gasteiger charge is 2.12. The Labute approximate surface area is 126 Å². The Morgan fingerprint density at radius 1 is 1.52 bits per heavy atom. The Morgan fingerprint density at radius 3 is 2.90 bits per heavy atom. The van der Waals surface area contributed by atoms with Crippen LogP contribution in [0, 0.1) is 18.3 Å². The van der Waals surface area contributed by atoms with Crippen molar-refractivity contribution in [2.45, 2.75) is 13.3 Å². The summed E-state index contributed by atoms with van der Waals surface area (Å²) >= 11 is 6.28. The molecule has 1 amide bonds. The number of nitrogens with one attached hydrogen (secondary N) is 1. The van der Waals surface area contributed by atoms with Crippen LogP contribution in [0.2, 0.25) is 5.15 Å². The quantitative estimate of drug-likeness (QED) is 0.694. The molecule has 2 aromatic rings. The van der Waals surface area contributed by atoms with Gasteiger partial charge in [-0.2, -0.15) is 15.5 Å². The van der Waals surface area contributed by atoms with Crippen LogP contribution < -0.4 is 5.43 Å². The lowest BCUT2D eigenvalue weighted by Crippen LogP contribution is -2.16. The summed E-state index contributed by atoms with van der Waals surface area (Å²) in [5, 5.41) is 16.9. The number of halogens is 1. The average Bonchev–Trinajstić information content (AvgIpc) is 2.76. The second-order valence-electron chi connectivity index (χ2n) is 4.17. The minimum absolute atomic E-state index is 0.243. The van der Waals surface area contributed by atoms with E-state index in [2.05, 4.69) is 15.6 Å². The van der Waals surface area contributed by atoms with Crippen molar-refractivity contribution in [1.82, 2.24) is 15.2 Å². The number of hydrazone groups is 1. The van der Waals surface area contributed by atoms with E-state index in [0.717, 1.165) is 5.69 Å². The molecule has 21 heavy (non-hydrogen) atoms. The highest BCUT2D eigenvalue weighted by molar-refractivity contribution is 6.32. The van der Waals surface area contributed by atoms with Gasteiger partial charge in [0.1, 0.15) is 11.6 Å². The fourth-order valence-corrected chi connectivity index (χ4v) is 2.00. The molecule has 0 saturated carbocycles. The van der Waals surface area contributed by atoms with E-state index in [-0.39, 0.29) is 6.42 Å². The van der Waals surface area contributed by atoms with Crippen molar-refractivity contribution in [3.8, 4) is 11.8 Å². The van der Waals surface area contributed by atoms with Crippen LogP contribution in [0.5, 0.6) is 0 Å². The summed E-state index contributed by atoms with van der Waals surface area (Å²) in [6.45, 7) is 1.80. The number of hydrogen-bond acceptors (Lipinski definition) is 4. The van der Waals surface area contributed by atoms with Crippen molar-refractivity contribution in [3.63, 3.8) is 0 Å². The summed E-state index contributed by atoms with van der Waals surface area (Å²) in [6.07, 6.45) is 1.17. The molecule has 2 rings (SSSR count). The second-order valence-corrected chi connectivity index (χ2v) is 4.52. The van der Waals surface area contributed by atoms with Crippen LogP contribution >= 0.6 is 11.6 Å². The fourth-order valence-electron chi connectivity index (χ4n) is 1.68. The lowest BCUT2D eigenvalue weighted by atomic mass is 10.3. The van der Waals surface area contributed by atoms with E-state index in [1.165, 1.54) is 6.21 Å². The molecule has 1 heterocycles. The number of rotatable bonds is 4. The summed E-state index contributed by atoms with van der Waals surface area (Å²) in [6, 6.07) is 11.2. The van der Waals surface area contributed by atoms with Crippen LogP contribution in [0.15, 0.2) is 35.4 Å². The van der Waals surface area contributed by atoms with E-state index in [1.54, 1.807) is 17.7 Å². The van der Waals surface area contributed by atoms with Crippen molar-refractivity contribution >= 4 is 23.7 Å².